The Balaban J connectivity index is 1.56. The molecule has 174 valence electrons. The minimum Gasteiger partial charge on any atom is -0.480 e. The second-order valence-electron chi connectivity index (χ2n) is 7.54. The lowest BCUT2D eigenvalue weighted by atomic mass is 10.2. The number of halogens is 2. The van der Waals surface area contributed by atoms with Crippen molar-refractivity contribution in [2.24, 2.45) is 0 Å². The third-order valence-corrected chi connectivity index (χ3v) is 5.40. The first-order valence-corrected chi connectivity index (χ1v) is 10.3. The summed E-state index contributed by atoms with van der Waals surface area (Å²) in [5.74, 6) is -2.39. The fraction of sp³-hybridized carbons (Fsp3) is 0.227. The number of carboxylic acids is 1. The van der Waals surface area contributed by atoms with Crippen LogP contribution in [-0.2, 0) is 16.1 Å². The Bertz CT molecular complexity index is 1330. The van der Waals surface area contributed by atoms with E-state index >= 15 is 0 Å². The first-order chi connectivity index (χ1) is 16.5. The van der Waals surface area contributed by atoms with E-state index in [1.807, 2.05) is 0 Å². The van der Waals surface area contributed by atoms with E-state index in [9.17, 15) is 18.7 Å². The van der Waals surface area contributed by atoms with E-state index in [4.69, 9.17) is 9.26 Å². The van der Waals surface area contributed by atoms with Gasteiger partial charge in [0.15, 0.2) is 23.5 Å². The second kappa shape index (κ2) is 8.98. The Kier molecular flexibility index (Phi) is 5.72. The smallest absolute Gasteiger partial charge is 0.328 e. The highest BCUT2D eigenvalue weighted by Gasteiger charge is 2.32. The molecule has 1 N–H and O–H groups in total. The average Bonchev–Trinajstić information content (AvgIpc) is 3.51. The van der Waals surface area contributed by atoms with E-state index in [2.05, 4.69) is 20.2 Å². The number of carbonyl (C=O) groups is 1. The van der Waals surface area contributed by atoms with Gasteiger partial charge in [-0.25, -0.2) is 23.5 Å². The molecule has 0 saturated carbocycles. The lowest BCUT2D eigenvalue weighted by molar-refractivity contribution is -0.141. The van der Waals surface area contributed by atoms with Crippen molar-refractivity contribution < 1.29 is 27.9 Å². The molecule has 4 heterocycles. The van der Waals surface area contributed by atoms with Crippen molar-refractivity contribution in [3.8, 4) is 22.9 Å². The molecule has 10 nitrogen and oxygen atoms in total. The molecule has 1 aliphatic heterocycles. The number of rotatable bonds is 6. The summed E-state index contributed by atoms with van der Waals surface area (Å²) in [6.45, 7) is 0.377. The van der Waals surface area contributed by atoms with Crippen molar-refractivity contribution in [1.29, 1.82) is 0 Å². The maximum atomic E-state index is 14.7. The van der Waals surface area contributed by atoms with Gasteiger partial charge in [0.1, 0.15) is 23.5 Å². The van der Waals surface area contributed by atoms with Gasteiger partial charge in [-0.15, -0.1) is 0 Å². The van der Waals surface area contributed by atoms with Crippen LogP contribution in [0, 0.1) is 11.6 Å². The van der Waals surface area contributed by atoms with Gasteiger partial charge in [-0.05, 0) is 12.1 Å². The van der Waals surface area contributed by atoms with Crippen LogP contribution in [0.1, 0.15) is 5.56 Å². The summed E-state index contributed by atoms with van der Waals surface area (Å²) in [5.41, 5.74) is 1.64. The minimum atomic E-state index is -1.15. The maximum Gasteiger partial charge on any atom is 0.328 e. The Hall–Kier alpha value is -4.19. The van der Waals surface area contributed by atoms with Crippen molar-refractivity contribution in [3.63, 3.8) is 0 Å². The second-order valence-corrected chi connectivity index (χ2v) is 7.54. The van der Waals surface area contributed by atoms with E-state index in [0.29, 0.717) is 17.0 Å². The van der Waals surface area contributed by atoms with Crippen LogP contribution in [0.3, 0.4) is 0 Å². The molecule has 34 heavy (non-hydrogen) atoms. The van der Waals surface area contributed by atoms with Gasteiger partial charge in [-0.1, -0.05) is 23.4 Å². The summed E-state index contributed by atoms with van der Waals surface area (Å²) < 4.78 is 40.6. The van der Waals surface area contributed by atoms with Gasteiger partial charge in [0, 0.05) is 18.2 Å². The van der Waals surface area contributed by atoms with Gasteiger partial charge in [-0.2, -0.15) is 5.10 Å². The monoisotopic (exact) mass is 468 g/mol. The maximum absolute atomic E-state index is 14.7. The molecule has 0 bridgehead atoms. The van der Waals surface area contributed by atoms with Crippen molar-refractivity contribution in [2.45, 2.75) is 12.6 Å². The normalized spacial score (nSPS) is 16.1. The molecule has 0 spiro atoms. The number of aliphatic carboxylic acids is 1. The molecule has 0 unspecified atom stereocenters. The summed E-state index contributed by atoms with van der Waals surface area (Å²) in [7, 11) is 0. The molecule has 0 aliphatic carbocycles. The fourth-order valence-electron chi connectivity index (χ4n) is 3.73. The highest BCUT2D eigenvalue weighted by molar-refractivity contribution is 5.78. The number of hydrogen-bond donors (Lipinski definition) is 1. The molecule has 4 aromatic rings. The van der Waals surface area contributed by atoms with Crippen LogP contribution in [0.2, 0.25) is 0 Å². The fourth-order valence-corrected chi connectivity index (χ4v) is 3.73. The van der Waals surface area contributed by atoms with Gasteiger partial charge >= 0.3 is 5.97 Å². The van der Waals surface area contributed by atoms with Gasteiger partial charge in [0.05, 0.1) is 31.6 Å². The van der Waals surface area contributed by atoms with Crippen LogP contribution in [0.15, 0.2) is 53.4 Å². The number of anilines is 1. The number of carboxylic acid groups (broad SMARTS) is 1. The molecule has 0 amide bonds. The van der Waals surface area contributed by atoms with Crippen LogP contribution in [0.5, 0.6) is 0 Å². The molecular weight excluding hydrogens is 450 g/mol. The quantitative estimate of drug-likeness (QED) is 0.455. The largest absolute Gasteiger partial charge is 0.480 e. The van der Waals surface area contributed by atoms with E-state index in [0.717, 1.165) is 6.20 Å². The summed E-state index contributed by atoms with van der Waals surface area (Å²) in [6, 6.07) is 8.47. The summed E-state index contributed by atoms with van der Waals surface area (Å²) in [5, 5.41) is 17.9. The van der Waals surface area contributed by atoms with E-state index < -0.39 is 23.6 Å². The zero-order valence-electron chi connectivity index (χ0n) is 17.6. The van der Waals surface area contributed by atoms with Gasteiger partial charge in [0.2, 0.25) is 0 Å². The molecule has 1 aromatic carbocycles. The molecule has 1 saturated heterocycles. The Morgan fingerprint density at radius 1 is 1.18 bits per heavy atom. The molecule has 1 aliphatic rings. The Morgan fingerprint density at radius 2 is 2.03 bits per heavy atom. The number of nitrogens with zero attached hydrogens (tertiary/aromatic N) is 6. The number of benzene rings is 1. The highest BCUT2D eigenvalue weighted by atomic mass is 19.1. The zero-order valence-corrected chi connectivity index (χ0v) is 17.6. The molecule has 0 radical (unpaired) electrons. The number of hydrogen-bond acceptors (Lipinski definition) is 8. The summed E-state index contributed by atoms with van der Waals surface area (Å²) in [4.78, 5) is 21.3. The standard InChI is InChI=1S/C22H18F2N6O4/c23-14-4-2-1-3-13(14)11-30-18(16-5-7-34-28-16)9-17(27-30)20-25-10-15(24)21(26-20)29-6-8-33-12-19(29)22(31)32/h1-5,7,9-10,19H,6,8,11-12H2,(H,31,32)/t19-/m1/s1. The minimum absolute atomic E-state index is 0.0732. The highest BCUT2D eigenvalue weighted by Crippen LogP contribution is 2.28. The molecule has 5 rings (SSSR count). The molecule has 1 fully saturated rings. The SMILES string of the molecule is O=C(O)[C@H]1COCCN1c1nc(-c2cc(-c3ccon3)n(Cc3ccccc3F)n2)ncc1F. The lowest BCUT2D eigenvalue weighted by Crippen LogP contribution is -2.50. The molecular formula is C22H18F2N6O4. The number of ether oxygens (including phenoxy) is 1. The van der Waals surface area contributed by atoms with Crippen molar-refractivity contribution in [1.82, 2.24) is 24.9 Å². The third-order valence-electron chi connectivity index (χ3n) is 5.40. The van der Waals surface area contributed by atoms with E-state index in [-0.39, 0.29) is 43.6 Å². The number of aromatic nitrogens is 5. The topological polar surface area (TPSA) is 119 Å². The van der Waals surface area contributed by atoms with Crippen LogP contribution >= 0.6 is 0 Å². The average molecular weight is 468 g/mol. The van der Waals surface area contributed by atoms with Crippen LogP contribution < -0.4 is 4.90 Å². The van der Waals surface area contributed by atoms with Gasteiger partial charge < -0.3 is 19.3 Å². The molecule has 3 aromatic heterocycles. The van der Waals surface area contributed by atoms with Crippen molar-refractivity contribution >= 4 is 11.8 Å². The van der Waals surface area contributed by atoms with Crippen molar-refractivity contribution in [3.05, 3.63) is 66.1 Å². The Morgan fingerprint density at radius 3 is 2.79 bits per heavy atom. The number of morpholine rings is 1. The first kappa shape index (κ1) is 21.6. The first-order valence-electron chi connectivity index (χ1n) is 10.3. The van der Waals surface area contributed by atoms with E-state index in [1.165, 1.54) is 21.9 Å². The van der Waals surface area contributed by atoms with Crippen LogP contribution in [0.4, 0.5) is 14.6 Å². The van der Waals surface area contributed by atoms with Crippen LogP contribution in [0.25, 0.3) is 22.9 Å². The summed E-state index contributed by atoms with van der Waals surface area (Å²) in [6.07, 6.45) is 2.37. The van der Waals surface area contributed by atoms with Gasteiger partial charge in [0.25, 0.3) is 0 Å². The predicted molar refractivity (Wildman–Crippen MR) is 114 cm³/mol. The molecule has 1 atom stereocenters. The lowest BCUT2D eigenvalue weighted by Gasteiger charge is -2.33. The third kappa shape index (κ3) is 4.10. The molecule has 12 heteroatoms. The van der Waals surface area contributed by atoms with Crippen molar-refractivity contribution in [2.75, 3.05) is 24.7 Å². The van der Waals surface area contributed by atoms with Crippen LogP contribution in [-0.4, -0.2) is 61.8 Å². The van der Waals surface area contributed by atoms with E-state index in [1.54, 1.807) is 30.3 Å². The summed E-state index contributed by atoms with van der Waals surface area (Å²) >= 11 is 0. The zero-order chi connectivity index (χ0) is 23.7. The van der Waals surface area contributed by atoms with Gasteiger partial charge in [-0.3, -0.25) is 4.68 Å². The Labute approximate surface area is 191 Å². The predicted octanol–water partition coefficient (Wildman–Crippen LogP) is 2.61.